The molecule has 0 fully saturated rings. The van der Waals surface area contributed by atoms with E-state index in [0.29, 0.717) is 0 Å². The van der Waals surface area contributed by atoms with Gasteiger partial charge < -0.3 is 10.5 Å². The van der Waals surface area contributed by atoms with Gasteiger partial charge in [0.25, 0.3) is 0 Å². The Hall–Kier alpha value is -0.840. The molecule has 0 bridgehead atoms. The molecule has 1 atom stereocenters. The van der Waals surface area contributed by atoms with Gasteiger partial charge in [0.2, 0.25) is 0 Å². The largest absolute Gasteiger partial charge is 0.493 e. The maximum Gasteiger partial charge on any atom is 0.127 e. The molecule has 0 spiro atoms. The van der Waals surface area contributed by atoms with Crippen molar-refractivity contribution in [3.8, 4) is 5.75 Å². The minimum Gasteiger partial charge on any atom is -0.493 e. The third kappa shape index (κ3) is 2.20. The Morgan fingerprint density at radius 3 is 3.06 bits per heavy atom. The lowest BCUT2D eigenvalue weighted by atomic mass is 9.98. The first kappa shape index (κ1) is 12.2. The Kier molecular flexibility index (Phi) is 3.41. The van der Waals surface area contributed by atoms with Gasteiger partial charge in [-0.05, 0) is 40.4 Å². The summed E-state index contributed by atoms with van der Waals surface area (Å²) in [6, 6.07) is 8.26. The number of thiophene rings is 1. The van der Waals surface area contributed by atoms with Crippen molar-refractivity contribution in [1.29, 1.82) is 0 Å². The van der Waals surface area contributed by atoms with Crippen LogP contribution in [0.2, 0.25) is 0 Å². The van der Waals surface area contributed by atoms with Gasteiger partial charge in [0.05, 0.1) is 12.6 Å². The molecule has 0 amide bonds. The van der Waals surface area contributed by atoms with Crippen molar-refractivity contribution in [2.45, 2.75) is 18.9 Å². The van der Waals surface area contributed by atoms with Crippen LogP contribution in [-0.4, -0.2) is 6.61 Å². The lowest BCUT2D eigenvalue weighted by Crippen LogP contribution is -2.16. The third-order valence-corrected chi connectivity index (χ3v) is 4.97. The van der Waals surface area contributed by atoms with E-state index in [1.807, 2.05) is 0 Å². The molecule has 1 aromatic heterocycles. The molecule has 94 valence electrons. The molecule has 1 aliphatic heterocycles. The number of halogens is 1. The molecular formula is C14H14BrNOS. The Labute approximate surface area is 119 Å². The summed E-state index contributed by atoms with van der Waals surface area (Å²) >= 11 is 5.15. The van der Waals surface area contributed by atoms with E-state index in [-0.39, 0.29) is 6.04 Å². The minimum atomic E-state index is -0.102. The minimum absolute atomic E-state index is 0.102. The SMILES string of the molecule is NC(c1cc(Br)cs1)c1cccc2c1OCCC2. The van der Waals surface area contributed by atoms with Crippen LogP contribution < -0.4 is 10.5 Å². The maximum absolute atomic E-state index is 6.36. The second-order valence-corrected chi connectivity index (χ2v) is 6.29. The fourth-order valence-electron chi connectivity index (χ4n) is 2.30. The third-order valence-electron chi connectivity index (χ3n) is 3.19. The fourth-order valence-corrected chi connectivity index (χ4v) is 3.77. The van der Waals surface area contributed by atoms with Crippen molar-refractivity contribution in [2.24, 2.45) is 5.73 Å². The van der Waals surface area contributed by atoms with Gasteiger partial charge in [0, 0.05) is 20.3 Å². The normalized spacial score (nSPS) is 15.9. The molecule has 2 nitrogen and oxygen atoms in total. The summed E-state index contributed by atoms with van der Waals surface area (Å²) < 4.78 is 6.90. The summed E-state index contributed by atoms with van der Waals surface area (Å²) in [5.41, 5.74) is 8.74. The highest BCUT2D eigenvalue weighted by molar-refractivity contribution is 9.10. The molecule has 0 radical (unpaired) electrons. The first-order valence-corrected chi connectivity index (χ1v) is 7.67. The van der Waals surface area contributed by atoms with Crippen LogP contribution in [0.4, 0.5) is 0 Å². The number of rotatable bonds is 2. The molecule has 1 aliphatic rings. The van der Waals surface area contributed by atoms with Gasteiger partial charge in [-0.25, -0.2) is 0 Å². The predicted octanol–water partition coefficient (Wildman–Crippen LogP) is 3.88. The zero-order valence-electron chi connectivity index (χ0n) is 9.86. The van der Waals surface area contributed by atoms with Gasteiger partial charge in [-0.1, -0.05) is 18.2 Å². The molecule has 2 aromatic rings. The molecule has 0 saturated carbocycles. The lowest BCUT2D eigenvalue weighted by Gasteiger charge is -2.22. The second-order valence-electron chi connectivity index (χ2n) is 4.43. The number of hydrogen-bond acceptors (Lipinski definition) is 3. The standard InChI is InChI=1S/C14H14BrNOS/c15-10-7-12(18-8-10)13(16)11-5-1-3-9-4-2-6-17-14(9)11/h1,3,5,7-8,13H,2,4,6,16H2. The molecule has 0 saturated heterocycles. The number of nitrogens with two attached hydrogens (primary N) is 1. The monoisotopic (exact) mass is 323 g/mol. The van der Waals surface area contributed by atoms with Crippen molar-refractivity contribution >= 4 is 27.3 Å². The molecule has 3 rings (SSSR count). The van der Waals surface area contributed by atoms with Crippen molar-refractivity contribution < 1.29 is 4.74 Å². The van der Waals surface area contributed by atoms with Crippen LogP contribution in [0.3, 0.4) is 0 Å². The molecule has 0 aliphatic carbocycles. The Balaban J connectivity index is 2.01. The van der Waals surface area contributed by atoms with Crippen LogP contribution in [0.15, 0.2) is 34.1 Å². The number of hydrogen-bond donors (Lipinski definition) is 1. The lowest BCUT2D eigenvalue weighted by molar-refractivity contribution is 0.284. The quantitative estimate of drug-likeness (QED) is 0.910. The smallest absolute Gasteiger partial charge is 0.127 e. The van der Waals surface area contributed by atoms with Crippen LogP contribution in [0.1, 0.15) is 28.5 Å². The van der Waals surface area contributed by atoms with E-state index in [4.69, 9.17) is 10.5 Å². The summed E-state index contributed by atoms with van der Waals surface area (Å²) in [5, 5.41) is 2.06. The number of ether oxygens (including phenoxy) is 1. The second kappa shape index (κ2) is 5.03. The highest BCUT2D eigenvalue weighted by Crippen LogP contribution is 2.36. The molecule has 2 N–H and O–H groups in total. The van der Waals surface area contributed by atoms with Crippen molar-refractivity contribution in [2.75, 3.05) is 6.61 Å². The first-order chi connectivity index (χ1) is 8.75. The zero-order valence-corrected chi connectivity index (χ0v) is 12.3. The topological polar surface area (TPSA) is 35.2 Å². The first-order valence-electron chi connectivity index (χ1n) is 6.00. The zero-order chi connectivity index (χ0) is 12.5. The Morgan fingerprint density at radius 1 is 1.39 bits per heavy atom. The van der Waals surface area contributed by atoms with Crippen LogP contribution >= 0.6 is 27.3 Å². The van der Waals surface area contributed by atoms with Crippen LogP contribution in [0.25, 0.3) is 0 Å². The number of aryl methyl sites for hydroxylation is 1. The summed E-state index contributed by atoms with van der Waals surface area (Å²) in [6.07, 6.45) is 2.18. The summed E-state index contributed by atoms with van der Waals surface area (Å²) in [7, 11) is 0. The van der Waals surface area contributed by atoms with Crippen LogP contribution in [0.5, 0.6) is 5.75 Å². The highest BCUT2D eigenvalue weighted by atomic mass is 79.9. The van der Waals surface area contributed by atoms with E-state index >= 15 is 0 Å². The number of para-hydroxylation sites is 1. The number of fused-ring (bicyclic) bond motifs is 1. The average Bonchev–Trinajstić information content (AvgIpc) is 2.84. The molecule has 4 heteroatoms. The summed E-state index contributed by atoms with van der Waals surface area (Å²) in [5.74, 6) is 1.00. The van der Waals surface area contributed by atoms with Crippen LogP contribution in [0, 0.1) is 0 Å². The van der Waals surface area contributed by atoms with Crippen molar-refractivity contribution in [1.82, 2.24) is 0 Å². The van der Waals surface area contributed by atoms with E-state index < -0.39 is 0 Å². The summed E-state index contributed by atoms with van der Waals surface area (Å²) in [4.78, 5) is 1.16. The predicted molar refractivity (Wildman–Crippen MR) is 78.3 cm³/mol. The van der Waals surface area contributed by atoms with E-state index in [1.165, 1.54) is 5.56 Å². The molecule has 1 aromatic carbocycles. The maximum atomic E-state index is 6.36. The van der Waals surface area contributed by atoms with Gasteiger partial charge in [-0.2, -0.15) is 0 Å². The van der Waals surface area contributed by atoms with Crippen LogP contribution in [-0.2, 0) is 6.42 Å². The van der Waals surface area contributed by atoms with Gasteiger partial charge in [0.15, 0.2) is 0 Å². The average molecular weight is 324 g/mol. The van der Waals surface area contributed by atoms with Gasteiger partial charge in [-0.15, -0.1) is 11.3 Å². The van der Waals surface area contributed by atoms with Gasteiger partial charge >= 0.3 is 0 Å². The summed E-state index contributed by atoms with van der Waals surface area (Å²) in [6.45, 7) is 0.796. The van der Waals surface area contributed by atoms with Crippen molar-refractivity contribution in [3.63, 3.8) is 0 Å². The molecule has 18 heavy (non-hydrogen) atoms. The highest BCUT2D eigenvalue weighted by Gasteiger charge is 2.20. The molecule has 2 heterocycles. The number of benzene rings is 1. The van der Waals surface area contributed by atoms with Gasteiger partial charge in [-0.3, -0.25) is 0 Å². The molecular weight excluding hydrogens is 310 g/mol. The van der Waals surface area contributed by atoms with Crippen molar-refractivity contribution in [3.05, 3.63) is 50.1 Å². The van der Waals surface area contributed by atoms with Gasteiger partial charge in [0.1, 0.15) is 5.75 Å². The van der Waals surface area contributed by atoms with E-state index in [1.54, 1.807) is 11.3 Å². The van der Waals surface area contributed by atoms with E-state index in [2.05, 4.69) is 45.6 Å². The van der Waals surface area contributed by atoms with E-state index in [0.717, 1.165) is 40.1 Å². The molecule has 1 unspecified atom stereocenters. The Bertz CT molecular complexity index is 567. The van der Waals surface area contributed by atoms with E-state index in [9.17, 15) is 0 Å². The Morgan fingerprint density at radius 2 is 2.28 bits per heavy atom. The fraction of sp³-hybridized carbons (Fsp3) is 0.286.